The molecule has 56 heavy (non-hydrogen) atoms. The first-order chi connectivity index (χ1) is 27.1. The molecule has 5 amide bonds. The molecule has 3 saturated heterocycles. The van der Waals surface area contributed by atoms with Crippen molar-refractivity contribution in [3.8, 4) is 5.75 Å². The molecule has 5 heterocycles. The monoisotopic (exact) mass is 780 g/mol. The Morgan fingerprint density at radius 1 is 0.964 bits per heavy atom. The van der Waals surface area contributed by atoms with Crippen LogP contribution >= 0.6 is 11.6 Å². The standard InChI is InChI=1S/C42H49ClN8O5/c1-27-4-3-5-33(44-27)39(53)45-35-22-30-26-51(47-34(30)24-37(35)56-2)31-10-17-48(18-11-31)25-28-8-13-42(14-9-28)15-20-49(21-16-42)40(54)29-6-7-32(43)36(23-29)50-19-12-38(52)46-41(50)55/h3-7,22-24,26,28,31H,8-21,25H2,1-2H3,(H,45,53)(H,46,52,55). The molecule has 0 unspecified atom stereocenters. The van der Waals surface area contributed by atoms with Crippen molar-refractivity contribution in [1.29, 1.82) is 0 Å². The zero-order valence-corrected chi connectivity index (χ0v) is 32.8. The summed E-state index contributed by atoms with van der Waals surface area (Å²) in [5.41, 5.74) is 3.82. The molecule has 13 nitrogen and oxygen atoms in total. The van der Waals surface area contributed by atoms with Crippen LogP contribution in [0.4, 0.5) is 16.2 Å². The molecular formula is C42H49ClN8O5. The number of nitrogens with one attached hydrogen (secondary N) is 2. The molecule has 1 aliphatic carbocycles. The SMILES string of the molecule is COc1cc2nn(C3CCN(CC4CCC5(CC4)CCN(C(=O)c4ccc(Cl)c(N6CCC(=O)NC6=O)c4)CC5)CC3)cc2cc1NC(=O)c1cccc(C)n1. The van der Waals surface area contributed by atoms with Gasteiger partial charge in [0.15, 0.2) is 0 Å². The van der Waals surface area contributed by atoms with Crippen LogP contribution in [-0.2, 0) is 4.79 Å². The van der Waals surface area contributed by atoms with E-state index in [-0.39, 0.29) is 30.7 Å². The minimum absolute atomic E-state index is 0.0452. The molecule has 8 rings (SSSR count). The number of nitrogens with zero attached hydrogens (tertiary/aromatic N) is 6. The van der Waals surface area contributed by atoms with Gasteiger partial charge in [0.25, 0.3) is 11.8 Å². The van der Waals surface area contributed by atoms with Crippen molar-refractivity contribution < 1.29 is 23.9 Å². The maximum absolute atomic E-state index is 13.6. The van der Waals surface area contributed by atoms with E-state index in [2.05, 4.69) is 31.4 Å². The summed E-state index contributed by atoms with van der Waals surface area (Å²) < 4.78 is 7.72. The summed E-state index contributed by atoms with van der Waals surface area (Å²) >= 11 is 6.43. The van der Waals surface area contributed by atoms with Gasteiger partial charge in [0, 0.05) is 74.6 Å². The van der Waals surface area contributed by atoms with E-state index in [4.69, 9.17) is 21.4 Å². The Hall–Kier alpha value is -5.01. The van der Waals surface area contributed by atoms with Crippen LogP contribution in [0.15, 0.2) is 54.7 Å². The number of carbonyl (C=O) groups excluding carboxylic acids is 4. The van der Waals surface area contributed by atoms with Crippen molar-refractivity contribution >= 4 is 57.6 Å². The van der Waals surface area contributed by atoms with Crippen LogP contribution in [0.3, 0.4) is 0 Å². The molecule has 0 atom stereocenters. The number of hydrogen-bond donors (Lipinski definition) is 2. The summed E-state index contributed by atoms with van der Waals surface area (Å²) in [4.78, 5) is 61.0. The lowest BCUT2D eigenvalue weighted by atomic mass is 9.65. The van der Waals surface area contributed by atoms with Crippen molar-refractivity contribution in [2.45, 2.75) is 70.8 Å². The molecule has 14 heteroatoms. The number of piperidine rings is 2. The van der Waals surface area contributed by atoms with Gasteiger partial charge in [-0.05, 0) is 106 Å². The fourth-order valence-electron chi connectivity index (χ4n) is 9.10. The summed E-state index contributed by atoms with van der Waals surface area (Å²) in [6, 6.07) is 14.0. The van der Waals surface area contributed by atoms with E-state index in [0.717, 1.165) is 75.0 Å². The fourth-order valence-corrected chi connectivity index (χ4v) is 9.32. The van der Waals surface area contributed by atoms with Gasteiger partial charge in [-0.2, -0.15) is 5.10 Å². The highest BCUT2D eigenvalue weighted by Gasteiger charge is 2.40. The number of methoxy groups -OCH3 is 1. The topological polar surface area (TPSA) is 142 Å². The van der Waals surface area contributed by atoms with Gasteiger partial charge < -0.3 is 19.9 Å². The summed E-state index contributed by atoms with van der Waals surface area (Å²) in [5, 5.41) is 11.5. The molecular weight excluding hydrogens is 732 g/mol. The van der Waals surface area contributed by atoms with Crippen LogP contribution in [0.2, 0.25) is 5.02 Å². The molecule has 0 bridgehead atoms. The minimum atomic E-state index is -0.519. The van der Waals surface area contributed by atoms with Gasteiger partial charge in [-0.3, -0.25) is 29.3 Å². The zero-order valence-electron chi connectivity index (χ0n) is 32.1. The predicted octanol–water partition coefficient (Wildman–Crippen LogP) is 6.85. The second kappa shape index (κ2) is 15.9. The van der Waals surface area contributed by atoms with E-state index in [9.17, 15) is 19.2 Å². The second-order valence-electron chi connectivity index (χ2n) is 16.0. The number of carbonyl (C=O) groups is 4. The molecule has 2 N–H and O–H groups in total. The maximum atomic E-state index is 13.6. The smallest absolute Gasteiger partial charge is 0.328 e. The number of imide groups is 1. The van der Waals surface area contributed by atoms with Crippen LogP contribution in [0.5, 0.6) is 5.75 Å². The average molecular weight is 781 g/mol. The highest BCUT2D eigenvalue weighted by atomic mass is 35.5. The number of halogens is 1. The molecule has 4 aliphatic rings. The van der Waals surface area contributed by atoms with E-state index in [1.54, 1.807) is 31.4 Å². The Kier molecular flexibility index (Phi) is 10.7. The van der Waals surface area contributed by atoms with E-state index in [0.29, 0.717) is 50.8 Å². The number of benzene rings is 2. The molecule has 0 radical (unpaired) electrons. The van der Waals surface area contributed by atoms with Crippen molar-refractivity contribution in [2.75, 3.05) is 56.6 Å². The van der Waals surface area contributed by atoms with E-state index in [1.165, 1.54) is 30.6 Å². The summed E-state index contributed by atoms with van der Waals surface area (Å²) in [5.74, 6) is 0.609. The summed E-state index contributed by atoms with van der Waals surface area (Å²) in [6.07, 6.45) is 11.2. The number of aryl methyl sites for hydroxylation is 1. The van der Waals surface area contributed by atoms with Crippen LogP contribution in [0.25, 0.3) is 10.9 Å². The highest BCUT2D eigenvalue weighted by Crippen LogP contribution is 2.47. The van der Waals surface area contributed by atoms with E-state index >= 15 is 0 Å². The van der Waals surface area contributed by atoms with Crippen LogP contribution in [-0.4, -0.2) is 94.7 Å². The molecule has 1 spiro atoms. The third-order valence-corrected chi connectivity index (χ3v) is 12.8. The Morgan fingerprint density at radius 3 is 2.45 bits per heavy atom. The first-order valence-electron chi connectivity index (χ1n) is 19.8. The lowest BCUT2D eigenvalue weighted by Gasteiger charge is -2.47. The molecule has 2 aromatic heterocycles. The van der Waals surface area contributed by atoms with Crippen molar-refractivity contribution in [3.63, 3.8) is 0 Å². The molecule has 4 aromatic rings. The number of pyridine rings is 1. The van der Waals surface area contributed by atoms with Gasteiger partial charge in [-0.25, -0.2) is 9.78 Å². The number of hydrogen-bond acceptors (Lipinski definition) is 8. The number of rotatable bonds is 8. The Labute approximate surface area is 331 Å². The van der Waals surface area contributed by atoms with Gasteiger partial charge in [0.05, 0.1) is 35.1 Å². The molecule has 2 aromatic carbocycles. The first-order valence-corrected chi connectivity index (χ1v) is 20.2. The normalized spacial score (nSPS) is 19.7. The number of likely N-dealkylation sites (tertiary alicyclic amines) is 2. The van der Waals surface area contributed by atoms with Crippen LogP contribution in [0.1, 0.15) is 90.4 Å². The average Bonchev–Trinajstić information content (AvgIpc) is 3.62. The molecule has 3 aliphatic heterocycles. The zero-order chi connectivity index (χ0) is 39.0. The van der Waals surface area contributed by atoms with Crippen molar-refractivity contribution in [1.82, 2.24) is 29.9 Å². The van der Waals surface area contributed by atoms with Crippen molar-refractivity contribution in [2.24, 2.45) is 11.3 Å². The van der Waals surface area contributed by atoms with Gasteiger partial charge >= 0.3 is 6.03 Å². The van der Waals surface area contributed by atoms with Gasteiger partial charge in [0.2, 0.25) is 5.91 Å². The predicted molar refractivity (Wildman–Crippen MR) is 214 cm³/mol. The number of aromatic nitrogens is 3. The highest BCUT2D eigenvalue weighted by molar-refractivity contribution is 6.34. The van der Waals surface area contributed by atoms with Gasteiger partial charge in [-0.1, -0.05) is 17.7 Å². The number of urea groups is 1. The van der Waals surface area contributed by atoms with Gasteiger partial charge in [-0.15, -0.1) is 0 Å². The number of ether oxygens (including phenoxy) is 1. The Morgan fingerprint density at radius 2 is 1.73 bits per heavy atom. The number of fused-ring (bicyclic) bond motifs is 1. The summed E-state index contributed by atoms with van der Waals surface area (Å²) in [7, 11) is 1.60. The molecule has 294 valence electrons. The lowest BCUT2D eigenvalue weighted by Crippen LogP contribution is -2.49. The van der Waals surface area contributed by atoms with Gasteiger partial charge in [0.1, 0.15) is 11.4 Å². The van der Waals surface area contributed by atoms with E-state index < -0.39 is 6.03 Å². The van der Waals surface area contributed by atoms with E-state index in [1.807, 2.05) is 36.1 Å². The number of anilines is 2. The third kappa shape index (κ3) is 7.97. The second-order valence-corrected chi connectivity index (χ2v) is 16.4. The third-order valence-electron chi connectivity index (χ3n) is 12.5. The molecule has 1 saturated carbocycles. The molecule has 4 fully saturated rings. The van der Waals surface area contributed by atoms with Crippen LogP contribution < -0.4 is 20.3 Å². The number of amides is 5. The quantitative estimate of drug-likeness (QED) is 0.198. The Bertz CT molecular complexity index is 2150. The fraction of sp³-hybridized carbons (Fsp3) is 0.476. The maximum Gasteiger partial charge on any atom is 0.328 e. The minimum Gasteiger partial charge on any atom is -0.494 e. The Balaban J connectivity index is 0.805. The van der Waals surface area contributed by atoms with Crippen LogP contribution in [0, 0.1) is 18.3 Å². The summed E-state index contributed by atoms with van der Waals surface area (Å²) in [6.45, 7) is 6.76. The van der Waals surface area contributed by atoms with Crippen molar-refractivity contribution in [3.05, 3.63) is 76.7 Å². The first kappa shape index (κ1) is 37.9. The largest absolute Gasteiger partial charge is 0.494 e. The lowest BCUT2D eigenvalue weighted by molar-refractivity contribution is -0.120.